The van der Waals surface area contributed by atoms with Gasteiger partial charge in [0.2, 0.25) is 11.2 Å². The predicted molar refractivity (Wildman–Crippen MR) is 82.1 cm³/mol. The molecule has 0 radical (unpaired) electrons. The Balaban J connectivity index is 1.97. The van der Waals surface area contributed by atoms with Crippen molar-refractivity contribution >= 4 is 23.4 Å². The molecule has 0 bridgehead atoms. The van der Waals surface area contributed by atoms with Gasteiger partial charge in [-0.15, -0.1) is 11.8 Å². The van der Waals surface area contributed by atoms with E-state index in [0.29, 0.717) is 11.4 Å². The summed E-state index contributed by atoms with van der Waals surface area (Å²) in [6, 6.07) is 8.72. The molecule has 0 aliphatic heterocycles. The molecule has 1 aromatic carbocycles. The molecule has 0 aliphatic carbocycles. The summed E-state index contributed by atoms with van der Waals surface area (Å²) in [5.41, 5.74) is 0.378. The monoisotopic (exact) mass is 305 g/mol. The van der Waals surface area contributed by atoms with Gasteiger partial charge in [-0.05, 0) is 31.4 Å². The number of anilines is 1. The van der Waals surface area contributed by atoms with E-state index in [1.54, 1.807) is 24.8 Å². The third kappa shape index (κ3) is 4.13. The molecule has 0 atom stereocenters. The van der Waals surface area contributed by atoms with Gasteiger partial charge in [0, 0.05) is 16.6 Å². The minimum absolute atomic E-state index is 0.0607. The Morgan fingerprint density at radius 2 is 2.19 bits per heavy atom. The predicted octanol–water partition coefficient (Wildman–Crippen LogP) is 2.69. The molecule has 0 saturated heterocycles. The van der Waals surface area contributed by atoms with Crippen molar-refractivity contribution in [2.75, 3.05) is 18.2 Å². The SMILES string of the molecule is CSc1cccc(NC(=O)COc2c(C)occc2=O)c1. The number of carbonyl (C=O) groups is 1. The maximum absolute atomic E-state index is 11.8. The van der Waals surface area contributed by atoms with Crippen molar-refractivity contribution in [1.29, 1.82) is 0 Å². The Hall–Kier alpha value is -2.21. The Labute approximate surface area is 126 Å². The maximum Gasteiger partial charge on any atom is 0.262 e. The largest absolute Gasteiger partial charge is 0.476 e. The molecule has 2 rings (SSSR count). The summed E-state index contributed by atoms with van der Waals surface area (Å²) < 4.78 is 10.3. The first-order valence-electron chi connectivity index (χ1n) is 6.25. The van der Waals surface area contributed by atoms with Crippen LogP contribution in [0.3, 0.4) is 0 Å². The Kier molecular flexibility index (Phi) is 5.05. The fraction of sp³-hybridized carbons (Fsp3) is 0.200. The van der Waals surface area contributed by atoms with Gasteiger partial charge in [0.25, 0.3) is 5.91 Å². The van der Waals surface area contributed by atoms with Gasteiger partial charge in [0.05, 0.1) is 6.26 Å². The zero-order valence-corrected chi connectivity index (χ0v) is 12.5. The Morgan fingerprint density at radius 1 is 1.38 bits per heavy atom. The molecule has 110 valence electrons. The van der Waals surface area contributed by atoms with E-state index >= 15 is 0 Å². The molecule has 0 fully saturated rings. The highest BCUT2D eigenvalue weighted by molar-refractivity contribution is 7.98. The Bertz CT molecular complexity index is 696. The van der Waals surface area contributed by atoms with Crippen LogP contribution in [0, 0.1) is 6.92 Å². The quantitative estimate of drug-likeness (QED) is 0.860. The number of ether oxygens (including phenoxy) is 1. The molecule has 1 amide bonds. The molecular weight excluding hydrogens is 290 g/mol. The molecule has 1 heterocycles. The first kappa shape index (κ1) is 15.2. The third-order valence-corrected chi connectivity index (χ3v) is 3.43. The number of hydrogen-bond donors (Lipinski definition) is 1. The topological polar surface area (TPSA) is 68.5 Å². The van der Waals surface area contributed by atoms with E-state index in [-0.39, 0.29) is 23.7 Å². The highest BCUT2D eigenvalue weighted by atomic mass is 32.2. The number of benzene rings is 1. The number of rotatable bonds is 5. The summed E-state index contributed by atoms with van der Waals surface area (Å²) in [5, 5.41) is 2.72. The van der Waals surface area contributed by atoms with E-state index in [9.17, 15) is 9.59 Å². The van der Waals surface area contributed by atoms with E-state index < -0.39 is 0 Å². The molecule has 21 heavy (non-hydrogen) atoms. The zero-order chi connectivity index (χ0) is 15.2. The second-order valence-corrected chi connectivity index (χ2v) is 5.12. The van der Waals surface area contributed by atoms with Crippen molar-refractivity contribution in [3.05, 3.63) is 52.6 Å². The van der Waals surface area contributed by atoms with Crippen molar-refractivity contribution in [2.24, 2.45) is 0 Å². The van der Waals surface area contributed by atoms with Gasteiger partial charge in [-0.25, -0.2) is 0 Å². The van der Waals surface area contributed by atoms with E-state index in [1.807, 2.05) is 24.5 Å². The van der Waals surface area contributed by atoms with Gasteiger partial charge in [0.15, 0.2) is 6.61 Å². The summed E-state index contributed by atoms with van der Waals surface area (Å²) >= 11 is 1.59. The summed E-state index contributed by atoms with van der Waals surface area (Å²) in [6.45, 7) is 1.36. The summed E-state index contributed by atoms with van der Waals surface area (Å²) in [4.78, 5) is 24.5. The zero-order valence-electron chi connectivity index (χ0n) is 11.7. The van der Waals surface area contributed by atoms with Gasteiger partial charge in [0.1, 0.15) is 5.76 Å². The van der Waals surface area contributed by atoms with Crippen LogP contribution >= 0.6 is 11.8 Å². The molecule has 2 aromatic rings. The summed E-state index contributed by atoms with van der Waals surface area (Å²) in [6.07, 6.45) is 3.25. The van der Waals surface area contributed by atoms with Crippen LogP contribution in [-0.4, -0.2) is 18.8 Å². The van der Waals surface area contributed by atoms with Crippen molar-refractivity contribution < 1.29 is 13.9 Å². The lowest BCUT2D eigenvalue weighted by molar-refractivity contribution is -0.118. The van der Waals surface area contributed by atoms with Crippen LogP contribution < -0.4 is 15.5 Å². The third-order valence-electron chi connectivity index (χ3n) is 2.71. The number of aryl methyl sites for hydroxylation is 1. The average Bonchev–Trinajstić information content (AvgIpc) is 2.47. The molecule has 0 aliphatic rings. The molecule has 0 unspecified atom stereocenters. The standard InChI is InChI=1S/C15H15NO4S/c1-10-15(13(17)6-7-19-10)20-9-14(18)16-11-4-3-5-12(8-11)21-2/h3-8H,9H2,1-2H3,(H,16,18). The molecule has 0 saturated carbocycles. The van der Waals surface area contributed by atoms with Crippen molar-refractivity contribution in [3.63, 3.8) is 0 Å². The maximum atomic E-state index is 11.8. The van der Waals surface area contributed by atoms with E-state index in [0.717, 1.165) is 4.90 Å². The second-order valence-electron chi connectivity index (χ2n) is 4.24. The van der Waals surface area contributed by atoms with Crippen molar-refractivity contribution in [2.45, 2.75) is 11.8 Å². The normalized spacial score (nSPS) is 10.2. The molecule has 6 heteroatoms. The van der Waals surface area contributed by atoms with Crippen molar-refractivity contribution in [3.8, 4) is 5.75 Å². The van der Waals surface area contributed by atoms with Crippen LogP contribution in [0.25, 0.3) is 0 Å². The van der Waals surface area contributed by atoms with Gasteiger partial charge in [-0.3, -0.25) is 9.59 Å². The molecule has 0 spiro atoms. The smallest absolute Gasteiger partial charge is 0.262 e. The van der Waals surface area contributed by atoms with Gasteiger partial charge in [-0.2, -0.15) is 0 Å². The fourth-order valence-corrected chi connectivity index (χ4v) is 2.17. The van der Waals surface area contributed by atoms with Crippen LogP contribution in [-0.2, 0) is 4.79 Å². The van der Waals surface area contributed by atoms with Crippen LogP contribution in [0.5, 0.6) is 5.75 Å². The van der Waals surface area contributed by atoms with E-state index in [1.165, 1.54) is 12.3 Å². The van der Waals surface area contributed by atoms with Crippen molar-refractivity contribution in [1.82, 2.24) is 0 Å². The van der Waals surface area contributed by atoms with Crippen LogP contribution in [0.2, 0.25) is 0 Å². The van der Waals surface area contributed by atoms with E-state index in [4.69, 9.17) is 9.15 Å². The minimum atomic E-state index is -0.337. The van der Waals surface area contributed by atoms with Gasteiger partial charge >= 0.3 is 0 Å². The average molecular weight is 305 g/mol. The Morgan fingerprint density at radius 3 is 2.90 bits per heavy atom. The lowest BCUT2D eigenvalue weighted by atomic mass is 10.3. The van der Waals surface area contributed by atoms with Crippen LogP contribution in [0.4, 0.5) is 5.69 Å². The van der Waals surface area contributed by atoms with Gasteiger partial charge in [-0.1, -0.05) is 6.07 Å². The fourth-order valence-electron chi connectivity index (χ4n) is 1.71. The number of thioether (sulfide) groups is 1. The van der Waals surface area contributed by atoms with E-state index in [2.05, 4.69) is 5.32 Å². The number of hydrogen-bond acceptors (Lipinski definition) is 5. The number of carbonyl (C=O) groups excluding carboxylic acids is 1. The lowest BCUT2D eigenvalue weighted by Crippen LogP contribution is -2.22. The van der Waals surface area contributed by atoms with Gasteiger partial charge < -0.3 is 14.5 Å². The first-order valence-corrected chi connectivity index (χ1v) is 7.47. The second kappa shape index (κ2) is 6.99. The molecule has 5 nitrogen and oxygen atoms in total. The molecule has 1 aromatic heterocycles. The summed E-state index contributed by atoms with van der Waals surface area (Å²) in [5.74, 6) is 0.0705. The molecular formula is C15H15NO4S. The molecule has 1 N–H and O–H groups in total. The summed E-state index contributed by atoms with van der Waals surface area (Å²) in [7, 11) is 0. The first-order chi connectivity index (χ1) is 10.1. The highest BCUT2D eigenvalue weighted by Crippen LogP contribution is 2.19. The lowest BCUT2D eigenvalue weighted by Gasteiger charge is -2.08. The van der Waals surface area contributed by atoms with Crippen LogP contribution in [0.1, 0.15) is 5.76 Å². The van der Waals surface area contributed by atoms with Crippen LogP contribution in [0.15, 0.2) is 50.7 Å². The minimum Gasteiger partial charge on any atom is -0.476 e. The number of amides is 1. The highest BCUT2D eigenvalue weighted by Gasteiger charge is 2.10. The number of nitrogens with one attached hydrogen (secondary N) is 1.